The predicted octanol–water partition coefficient (Wildman–Crippen LogP) is 1.90. The molecule has 1 aliphatic rings. The van der Waals surface area contributed by atoms with Gasteiger partial charge >= 0.3 is 0 Å². The Kier molecular flexibility index (Phi) is 4.83. The van der Waals surface area contributed by atoms with Gasteiger partial charge in [0.2, 0.25) is 0 Å². The van der Waals surface area contributed by atoms with Crippen molar-refractivity contribution in [1.29, 1.82) is 0 Å². The zero-order valence-electron chi connectivity index (χ0n) is 13.2. The van der Waals surface area contributed by atoms with Gasteiger partial charge in [0.25, 0.3) is 5.91 Å². The standard InChI is InChI=1S/C16H25N3O2/c1-4-13-14(11(3)20)10(2)18-15(13)16(21)19-7-5-12(9-17)6-8-19/h12,18H,4-9,17H2,1-3H3. The molecule has 5 nitrogen and oxygen atoms in total. The third kappa shape index (κ3) is 3.02. The van der Waals surface area contributed by atoms with Crippen molar-refractivity contribution in [2.75, 3.05) is 19.6 Å². The Balaban J connectivity index is 2.24. The minimum Gasteiger partial charge on any atom is -0.354 e. The number of carbonyl (C=O) groups is 2. The number of carbonyl (C=O) groups excluding carboxylic acids is 2. The molecule has 1 aromatic rings. The second kappa shape index (κ2) is 6.43. The molecule has 2 heterocycles. The smallest absolute Gasteiger partial charge is 0.270 e. The number of aromatic nitrogens is 1. The second-order valence-electron chi connectivity index (χ2n) is 5.86. The summed E-state index contributed by atoms with van der Waals surface area (Å²) in [6.45, 7) is 7.57. The highest BCUT2D eigenvalue weighted by atomic mass is 16.2. The van der Waals surface area contributed by atoms with E-state index in [1.807, 2.05) is 18.7 Å². The van der Waals surface area contributed by atoms with Crippen LogP contribution in [0.4, 0.5) is 0 Å². The number of nitrogens with one attached hydrogen (secondary N) is 1. The molecule has 1 saturated heterocycles. The molecule has 0 unspecified atom stereocenters. The summed E-state index contributed by atoms with van der Waals surface area (Å²) in [4.78, 5) is 29.5. The Hall–Kier alpha value is -1.62. The lowest BCUT2D eigenvalue weighted by molar-refractivity contribution is 0.0687. The van der Waals surface area contributed by atoms with Crippen LogP contribution in [0.15, 0.2) is 0 Å². The van der Waals surface area contributed by atoms with Gasteiger partial charge in [0, 0.05) is 24.3 Å². The fourth-order valence-corrected chi connectivity index (χ4v) is 3.22. The predicted molar refractivity (Wildman–Crippen MR) is 82.6 cm³/mol. The van der Waals surface area contributed by atoms with Crippen molar-refractivity contribution in [2.24, 2.45) is 11.7 Å². The molecule has 21 heavy (non-hydrogen) atoms. The second-order valence-corrected chi connectivity index (χ2v) is 5.86. The molecule has 2 rings (SSSR count). The number of hydrogen-bond donors (Lipinski definition) is 2. The summed E-state index contributed by atoms with van der Waals surface area (Å²) >= 11 is 0. The SMILES string of the molecule is CCc1c(C(=O)N2CCC(CN)CC2)[nH]c(C)c1C(C)=O. The van der Waals surface area contributed by atoms with Gasteiger partial charge < -0.3 is 15.6 Å². The molecule has 0 aromatic carbocycles. The zero-order chi connectivity index (χ0) is 15.6. The number of Topliss-reactive ketones (excluding diaryl/α,β-unsaturated/α-hetero) is 1. The number of nitrogens with two attached hydrogens (primary N) is 1. The molecule has 0 bridgehead atoms. The number of aryl methyl sites for hydroxylation is 1. The normalized spacial score (nSPS) is 16.3. The van der Waals surface area contributed by atoms with E-state index in [2.05, 4.69) is 4.98 Å². The summed E-state index contributed by atoms with van der Waals surface area (Å²) in [6, 6.07) is 0. The third-order valence-corrected chi connectivity index (χ3v) is 4.45. The van der Waals surface area contributed by atoms with E-state index in [4.69, 9.17) is 5.73 Å². The number of hydrogen-bond acceptors (Lipinski definition) is 3. The Morgan fingerprint density at radius 2 is 1.95 bits per heavy atom. The number of nitrogens with zero attached hydrogens (tertiary/aromatic N) is 1. The number of amides is 1. The quantitative estimate of drug-likeness (QED) is 0.832. The highest BCUT2D eigenvalue weighted by Gasteiger charge is 2.27. The molecule has 5 heteroatoms. The highest BCUT2D eigenvalue weighted by Crippen LogP contribution is 2.24. The first kappa shape index (κ1) is 15.8. The molecule has 1 aliphatic heterocycles. The summed E-state index contributed by atoms with van der Waals surface area (Å²) in [6.07, 6.45) is 2.60. The van der Waals surface area contributed by atoms with Crippen molar-refractivity contribution < 1.29 is 9.59 Å². The van der Waals surface area contributed by atoms with Gasteiger partial charge in [0.1, 0.15) is 5.69 Å². The number of ketones is 1. The Morgan fingerprint density at radius 3 is 2.43 bits per heavy atom. The molecule has 1 fully saturated rings. The van der Waals surface area contributed by atoms with Crippen molar-refractivity contribution in [2.45, 2.75) is 40.0 Å². The summed E-state index contributed by atoms with van der Waals surface area (Å²) in [5, 5.41) is 0. The van der Waals surface area contributed by atoms with Crippen LogP contribution < -0.4 is 5.73 Å². The van der Waals surface area contributed by atoms with Crippen LogP contribution in [-0.4, -0.2) is 41.2 Å². The van der Waals surface area contributed by atoms with Gasteiger partial charge in [-0.2, -0.15) is 0 Å². The number of piperidine rings is 1. The summed E-state index contributed by atoms with van der Waals surface area (Å²) in [7, 11) is 0. The summed E-state index contributed by atoms with van der Waals surface area (Å²) in [5.41, 5.74) is 8.60. The molecular formula is C16H25N3O2. The molecule has 1 amide bonds. The van der Waals surface area contributed by atoms with E-state index in [0.717, 1.165) is 37.2 Å². The molecule has 3 N–H and O–H groups in total. The minimum atomic E-state index is 0.0120. The maximum absolute atomic E-state index is 12.7. The molecule has 0 spiro atoms. The molecular weight excluding hydrogens is 266 g/mol. The number of rotatable bonds is 4. The number of H-pyrrole nitrogens is 1. The Morgan fingerprint density at radius 1 is 1.33 bits per heavy atom. The zero-order valence-corrected chi connectivity index (χ0v) is 13.2. The first-order chi connectivity index (χ1) is 9.99. The van der Waals surface area contributed by atoms with E-state index in [1.165, 1.54) is 0 Å². The van der Waals surface area contributed by atoms with E-state index in [-0.39, 0.29) is 11.7 Å². The maximum atomic E-state index is 12.7. The summed E-state index contributed by atoms with van der Waals surface area (Å²) < 4.78 is 0. The van der Waals surface area contributed by atoms with Gasteiger partial charge in [-0.1, -0.05) is 6.92 Å². The lowest BCUT2D eigenvalue weighted by Crippen LogP contribution is -2.40. The van der Waals surface area contributed by atoms with E-state index in [9.17, 15) is 9.59 Å². The van der Waals surface area contributed by atoms with E-state index in [0.29, 0.717) is 30.1 Å². The lowest BCUT2D eigenvalue weighted by atomic mass is 9.96. The largest absolute Gasteiger partial charge is 0.354 e. The highest BCUT2D eigenvalue weighted by molar-refractivity contribution is 6.02. The fourth-order valence-electron chi connectivity index (χ4n) is 3.22. The molecule has 1 aromatic heterocycles. The number of aromatic amines is 1. The van der Waals surface area contributed by atoms with Gasteiger partial charge in [0.15, 0.2) is 5.78 Å². The van der Waals surface area contributed by atoms with Gasteiger partial charge in [0.05, 0.1) is 0 Å². The van der Waals surface area contributed by atoms with E-state index in [1.54, 1.807) is 6.92 Å². The van der Waals surface area contributed by atoms with Gasteiger partial charge in [-0.3, -0.25) is 9.59 Å². The average Bonchev–Trinajstić information content (AvgIpc) is 2.83. The molecule has 0 saturated carbocycles. The van der Waals surface area contributed by atoms with Gasteiger partial charge in [-0.05, 0) is 51.1 Å². The molecule has 0 atom stereocenters. The van der Waals surface area contributed by atoms with E-state index >= 15 is 0 Å². The lowest BCUT2D eigenvalue weighted by Gasteiger charge is -2.31. The van der Waals surface area contributed by atoms with Crippen LogP contribution in [0, 0.1) is 12.8 Å². The average molecular weight is 291 g/mol. The van der Waals surface area contributed by atoms with Crippen LogP contribution in [-0.2, 0) is 6.42 Å². The molecule has 0 aliphatic carbocycles. The van der Waals surface area contributed by atoms with Crippen LogP contribution >= 0.6 is 0 Å². The summed E-state index contributed by atoms with van der Waals surface area (Å²) in [5.74, 6) is 0.553. The van der Waals surface area contributed by atoms with Gasteiger partial charge in [-0.25, -0.2) is 0 Å². The Labute approximate surface area is 125 Å². The molecule has 116 valence electrons. The maximum Gasteiger partial charge on any atom is 0.270 e. The molecule has 0 radical (unpaired) electrons. The van der Waals surface area contributed by atoms with Gasteiger partial charge in [-0.15, -0.1) is 0 Å². The third-order valence-electron chi connectivity index (χ3n) is 4.45. The number of likely N-dealkylation sites (tertiary alicyclic amines) is 1. The van der Waals surface area contributed by atoms with Crippen LogP contribution in [0.3, 0.4) is 0 Å². The monoisotopic (exact) mass is 291 g/mol. The van der Waals surface area contributed by atoms with Crippen molar-refractivity contribution in [3.8, 4) is 0 Å². The van der Waals surface area contributed by atoms with Crippen LogP contribution in [0.25, 0.3) is 0 Å². The minimum absolute atomic E-state index is 0.0120. The van der Waals surface area contributed by atoms with Crippen molar-refractivity contribution in [3.05, 3.63) is 22.5 Å². The van der Waals surface area contributed by atoms with Crippen LogP contribution in [0.5, 0.6) is 0 Å². The van der Waals surface area contributed by atoms with Crippen LogP contribution in [0.1, 0.15) is 58.8 Å². The van der Waals surface area contributed by atoms with E-state index < -0.39 is 0 Å². The van der Waals surface area contributed by atoms with Crippen molar-refractivity contribution in [3.63, 3.8) is 0 Å². The van der Waals surface area contributed by atoms with Crippen molar-refractivity contribution in [1.82, 2.24) is 9.88 Å². The first-order valence-electron chi connectivity index (χ1n) is 7.71. The first-order valence-corrected chi connectivity index (χ1v) is 7.71. The van der Waals surface area contributed by atoms with Crippen molar-refractivity contribution >= 4 is 11.7 Å². The Bertz CT molecular complexity index is 540. The fraction of sp³-hybridized carbons (Fsp3) is 0.625. The van der Waals surface area contributed by atoms with Crippen LogP contribution in [0.2, 0.25) is 0 Å². The topological polar surface area (TPSA) is 79.2 Å².